The van der Waals surface area contributed by atoms with Crippen molar-refractivity contribution >= 4 is 0 Å². The SMILES string of the molecule is C=CCc1ccco1.CCO. The first-order valence-electron chi connectivity index (χ1n) is 3.59. The standard InChI is InChI=1S/C7H8O.C2H6O/c1-2-4-7-5-3-6-8-7;1-2-3/h2-3,5-6H,1,4H2;3H,2H2,1H3. The summed E-state index contributed by atoms with van der Waals surface area (Å²) < 4.78 is 5.00. The predicted molar refractivity (Wildman–Crippen MR) is 45.4 cm³/mol. The Hall–Kier alpha value is -1.02. The number of furan rings is 1. The molecule has 0 aliphatic rings. The van der Waals surface area contributed by atoms with Crippen LogP contribution in [0.4, 0.5) is 0 Å². The van der Waals surface area contributed by atoms with Crippen molar-refractivity contribution < 1.29 is 9.52 Å². The summed E-state index contributed by atoms with van der Waals surface area (Å²) in [6.45, 7) is 5.51. The van der Waals surface area contributed by atoms with Crippen LogP contribution in [0.25, 0.3) is 0 Å². The summed E-state index contributed by atoms with van der Waals surface area (Å²) >= 11 is 0. The molecule has 0 fully saturated rings. The van der Waals surface area contributed by atoms with Crippen LogP contribution >= 0.6 is 0 Å². The third kappa shape index (κ3) is 5.43. The summed E-state index contributed by atoms with van der Waals surface area (Å²) in [4.78, 5) is 0. The number of rotatable bonds is 2. The van der Waals surface area contributed by atoms with Crippen LogP contribution in [0, 0.1) is 0 Å². The molecule has 1 aromatic rings. The van der Waals surface area contributed by atoms with Crippen molar-refractivity contribution in [3.05, 3.63) is 36.8 Å². The fourth-order valence-electron chi connectivity index (χ4n) is 0.571. The molecule has 1 heterocycles. The Bertz CT molecular complexity index is 166. The van der Waals surface area contributed by atoms with Gasteiger partial charge in [0.2, 0.25) is 0 Å². The Kier molecular flexibility index (Phi) is 6.43. The van der Waals surface area contributed by atoms with E-state index in [9.17, 15) is 0 Å². The van der Waals surface area contributed by atoms with Crippen LogP contribution in [0.15, 0.2) is 35.5 Å². The van der Waals surface area contributed by atoms with Crippen molar-refractivity contribution in [3.8, 4) is 0 Å². The molecule has 11 heavy (non-hydrogen) atoms. The van der Waals surface area contributed by atoms with Gasteiger partial charge in [0.05, 0.1) is 6.26 Å². The van der Waals surface area contributed by atoms with Crippen LogP contribution in [0.1, 0.15) is 12.7 Å². The van der Waals surface area contributed by atoms with Crippen molar-refractivity contribution in [3.63, 3.8) is 0 Å². The van der Waals surface area contributed by atoms with Crippen LogP contribution in [-0.4, -0.2) is 11.7 Å². The number of aliphatic hydroxyl groups excluding tert-OH is 1. The molecule has 0 saturated heterocycles. The second kappa shape index (κ2) is 7.09. The summed E-state index contributed by atoms with van der Waals surface area (Å²) in [7, 11) is 0. The second-order valence-electron chi connectivity index (χ2n) is 1.89. The molecule has 0 radical (unpaired) electrons. The van der Waals surface area contributed by atoms with Gasteiger partial charge in [-0.25, -0.2) is 0 Å². The Balaban J connectivity index is 0.000000292. The van der Waals surface area contributed by atoms with Gasteiger partial charge in [0, 0.05) is 13.0 Å². The van der Waals surface area contributed by atoms with Gasteiger partial charge in [0.1, 0.15) is 5.76 Å². The number of hydrogen-bond donors (Lipinski definition) is 1. The van der Waals surface area contributed by atoms with Gasteiger partial charge in [-0.1, -0.05) is 6.08 Å². The van der Waals surface area contributed by atoms with Crippen molar-refractivity contribution in [1.82, 2.24) is 0 Å². The zero-order valence-electron chi connectivity index (χ0n) is 6.79. The fraction of sp³-hybridized carbons (Fsp3) is 0.333. The Morgan fingerprint density at radius 2 is 2.36 bits per heavy atom. The Morgan fingerprint density at radius 1 is 1.73 bits per heavy atom. The Labute approximate surface area is 67.2 Å². The van der Waals surface area contributed by atoms with E-state index in [1.165, 1.54) is 0 Å². The molecule has 0 amide bonds. The summed E-state index contributed by atoms with van der Waals surface area (Å²) in [5, 5.41) is 7.57. The molecule has 1 rings (SSSR count). The first kappa shape index (κ1) is 9.98. The highest BCUT2D eigenvalue weighted by Crippen LogP contribution is 1.99. The summed E-state index contributed by atoms with van der Waals surface area (Å²) in [5.74, 6) is 0.972. The molecule has 2 nitrogen and oxygen atoms in total. The van der Waals surface area contributed by atoms with Crippen LogP contribution in [0.2, 0.25) is 0 Å². The molecule has 0 aromatic carbocycles. The lowest BCUT2D eigenvalue weighted by atomic mass is 10.3. The van der Waals surface area contributed by atoms with Gasteiger partial charge in [0.15, 0.2) is 0 Å². The quantitative estimate of drug-likeness (QED) is 0.661. The monoisotopic (exact) mass is 154 g/mol. The zero-order chi connectivity index (χ0) is 8.53. The topological polar surface area (TPSA) is 33.4 Å². The van der Waals surface area contributed by atoms with Crippen LogP contribution in [-0.2, 0) is 6.42 Å². The summed E-state index contributed by atoms with van der Waals surface area (Å²) in [6.07, 6.45) is 4.31. The molecular weight excluding hydrogens is 140 g/mol. The molecule has 0 unspecified atom stereocenters. The molecule has 1 N–H and O–H groups in total. The minimum Gasteiger partial charge on any atom is -0.469 e. The molecular formula is C9H14O2. The normalized spacial score (nSPS) is 8.18. The first-order chi connectivity index (χ1) is 5.35. The van der Waals surface area contributed by atoms with Gasteiger partial charge in [-0.05, 0) is 19.1 Å². The minimum absolute atomic E-state index is 0.250. The lowest BCUT2D eigenvalue weighted by molar-refractivity contribution is 0.318. The van der Waals surface area contributed by atoms with E-state index >= 15 is 0 Å². The first-order valence-corrected chi connectivity index (χ1v) is 3.59. The van der Waals surface area contributed by atoms with E-state index in [-0.39, 0.29) is 6.61 Å². The third-order valence-corrected chi connectivity index (χ3v) is 0.926. The van der Waals surface area contributed by atoms with Crippen LogP contribution < -0.4 is 0 Å². The molecule has 62 valence electrons. The lowest BCUT2D eigenvalue weighted by Crippen LogP contribution is -1.69. The lowest BCUT2D eigenvalue weighted by Gasteiger charge is -1.81. The predicted octanol–water partition coefficient (Wildman–Crippen LogP) is 2.01. The zero-order valence-corrected chi connectivity index (χ0v) is 6.79. The van der Waals surface area contributed by atoms with Crippen molar-refractivity contribution in [2.24, 2.45) is 0 Å². The molecule has 0 atom stereocenters. The molecule has 0 aliphatic carbocycles. The maximum Gasteiger partial charge on any atom is 0.107 e. The van der Waals surface area contributed by atoms with Gasteiger partial charge >= 0.3 is 0 Å². The molecule has 0 aliphatic heterocycles. The van der Waals surface area contributed by atoms with E-state index in [4.69, 9.17) is 9.52 Å². The molecule has 2 heteroatoms. The highest BCUT2D eigenvalue weighted by Gasteiger charge is 1.86. The van der Waals surface area contributed by atoms with Crippen molar-refractivity contribution in [1.29, 1.82) is 0 Å². The highest BCUT2D eigenvalue weighted by molar-refractivity contribution is 5.01. The van der Waals surface area contributed by atoms with E-state index in [2.05, 4.69) is 6.58 Å². The average molecular weight is 154 g/mol. The largest absolute Gasteiger partial charge is 0.469 e. The minimum atomic E-state index is 0.250. The molecule has 0 saturated carbocycles. The number of allylic oxidation sites excluding steroid dienone is 1. The summed E-state index contributed by atoms with van der Waals surface area (Å²) in [5.41, 5.74) is 0. The van der Waals surface area contributed by atoms with Crippen LogP contribution in [0.3, 0.4) is 0 Å². The van der Waals surface area contributed by atoms with E-state index in [0.29, 0.717) is 0 Å². The second-order valence-corrected chi connectivity index (χ2v) is 1.89. The van der Waals surface area contributed by atoms with E-state index < -0.39 is 0 Å². The Morgan fingerprint density at radius 3 is 2.73 bits per heavy atom. The van der Waals surface area contributed by atoms with Crippen molar-refractivity contribution in [2.75, 3.05) is 6.61 Å². The fourth-order valence-corrected chi connectivity index (χ4v) is 0.571. The van der Waals surface area contributed by atoms with Gasteiger partial charge in [-0.3, -0.25) is 0 Å². The number of hydrogen-bond acceptors (Lipinski definition) is 2. The number of aliphatic hydroxyl groups is 1. The maximum atomic E-state index is 7.57. The summed E-state index contributed by atoms with van der Waals surface area (Å²) in [6, 6.07) is 3.81. The van der Waals surface area contributed by atoms with Gasteiger partial charge < -0.3 is 9.52 Å². The molecule has 1 aromatic heterocycles. The highest BCUT2D eigenvalue weighted by atomic mass is 16.3. The molecule has 0 bridgehead atoms. The van der Waals surface area contributed by atoms with Crippen LogP contribution in [0.5, 0.6) is 0 Å². The van der Waals surface area contributed by atoms with Gasteiger partial charge in [-0.15, -0.1) is 6.58 Å². The third-order valence-electron chi connectivity index (χ3n) is 0.926. The smallest absolute Gasteiger partial charge is 0.107 e. The maximum absolute atomic E-state index is 7.57. The van der Waals surface area contributed by atoms with Crippen molar-refractivity contribution in [2.45, 2.75) is 13.3 Å². The van der Waals surface area contributed by atoms with Gasteiger partial charge in [-0.2, -0.15) is 0 Å². The van der Waals surface area contributed by atoms with E-state index in [0.717, 1.165) is 12.2 Å². The average Bonchev–Trinajstić information content (AvgIpc) is 2.42. The van der Waals surface area contributed by atoms with E-state index in [1.807, 2.05) is 18.2 Å². The van der Waals surface area contributed by atoms with Gasteiger partial charge in [0.25, 0.3) is 0 Å². The molecule has 0 spiro atoms. The van der Waals surface area contributed by atoms with E-state index in [1.54, 1.807) is 13.2 Å².